The van der Waals surface area contributed by atoms with Gasteiger partial charge in [0.15, 0.2) is 0 Å². The molecule has 1 saturated carbocycles. The van der Waals surface area contributed by atoms with Crippen molar-refractivity contribution in [2.75, 3.05) is 0 Å². The zero-order valence-electron chi connectivity index (χ0n) is 11.5. The van der Waals surface area contributed by atoms with Gasteiger partial charge in [-0.25, -0.2) is 8.78 Å². The van der Waals surface area contributed by atoms with Gasteiger partial charge in [-0.1, -0.05) is 45.0 Å². The zero-order valence-corrected chi connectivity index (χ0v) is 11.5. The highest BCUT2D eigenvalue weighted by Crippen LogP contribution is 2.43. The Bertz CT molecular complexity index is 405. The quantitative estimate of drug-likeness (QED) is 0.638. The number of hydrogen-bond acceptors (Lipinski definition) is 0. The average molecular weight is 252 g/mol. The van der Waals surface area contributed by atoms with Crippen LogP contribution in [0, 0.1) is 0 Å². The number of rotatable bonds is 1. The van der Waals surface area contributed by atoms with Crippen LogP contribution in [0.3, 0.4) is 0 Å². The van der Waals surface area contributed by atoms with Gasteiger partial charge in [-0.15, -0.1) is 0 Å². The zero-order chi connectivity index (χ0) is 13.4. The Kier molecular flexibility index (Phi) is 3.48. The minimum absolute atomic E-state index is 0.0378. The summed E-state index contributed by atoms with van der Waals surface area (Å²) < 4.78 is 26.5. The van der Waals surface area contributed by atoms with Crippen molar-refractivity contribution in [3.05, 3.63) is 35.4 Å². The van der Waals surface area contributed by atoms with E-state index in [1.807, 2.05) is 12.1 Å². The Morgan fingerprint density at radius 3 is 2.17 bits per heavy atom. The summed E-state index contributed by atoms with van der Waals surface area (Å²) in [4.78, 5) is 0. The molecule has 2 heteroatoms. The molecule has 0 spiro atoms. The molecule has 0 bridgehead atoms. The highest BCUT2D eigenvalue weighted by Gasteiger charge is 2.36. The maximum atomic E-state index is 13.2. The molecule has 2 rings (SSSR count). The average Bonchev–Trinajstić information content (AvgIpc) is 2.28. The monoisotopic (exact) mass is 252 g/mol. The van der Waals surface area contributed by atoms with E-state index >= 15 is 0 Å². The summed E-state index contributed by atoms with van der Waals surface area (Å²) in [6, 6.07) is 8.33. The van der Waals surface area contributed by atoms with Gasteiger partial charge < -0.3 is 0 Å². The molecule has 100 valence electrons. The summed E-state index contributed by atoms with van der Waals surface area (Å²) >= 11 is 0. The minimum Gasteiger partial charge on any atom is -0.207 e. The van der Waals surface area contributed by atoms with Crippen LogP contribution in [0.1, 0.15) is 63.5 Å². The maximum Gasteiger partial charge on any atom is 0.248 e. The largest absolute Gasteiger partial charge is 0.248 e. The van der Waals surface area contributed by atoms with Crippen molar-refractivity contribution in [2.24, 2.45) is 0 Å². The van der Waals surface area contributed by atoms with Crippen LogP contribution in [0.4, 0.5) is 8.78 Å². The second kappa shape index (κ2) is 4.64. The van der Waals surface area contributed by atoms with Gasteiger partial charge in [0.25, 0.3) is 0 Å². The molecule has 1 aromatic carbocycles. The molecule has 0 unspecified atom stereocenters. The number of halogens is 2. The molecule has 1 aromatic rings. The molecule has 18 heavy (non-hydrogen) atoms. The van der Waals surface area contributed by atoms with Crippen LogP contribution in [-0.4, -0.2) is 5.92 Å². The molecule has 0 N–H and O–H groups in total. The fourth-order valence-corrected chi connectivity index (χ4v) is 2.89. The van der Waals surface area contributed by atoms with Crippen LogP contribution < -0.4 is 0 Å². The first-order chi connectivity index (χ1) is 8.30. The van der Waals surface area contributed by atoms with E-state index in [1.165, 1.54) is 11.1 Å². The lowest BCUT2D eigenvalue weighted by Gasteiger charge is -2.32. The lowest BCUT2D eigenvalue weighted by molar-refractivity contribution is -0.0383. The van der Waals surface area contributed by atoms with Crippen LogP contribution in [-0.2, 0) is 5.41 Å². The van der Waals surface area contributed by atoms with Crippen molar-refractivity contribution in [3.63, 3.8) is 0 Å². The Balaban J connectivity index is 2.25. The Hall–Kier alpha value is -0.920. The van der Waals surface area contributed by atoms with E-state index in [4.69, 9.17) is 0 Å². The lowest BCUT2D eigenvalue weighted by Crippen LogP contribution is -2.25. The molecule has 1 aliphatic carbocycles. The standard InChI is InChI=1S/C16H22F2/c1-15(2,3)14-7-5-4-6-13(14)12-8-10-16(17,18)11-9-12/h4-7,12H,8-11H2,1-3H3. The Labute approximate surface area is 108 Å². The molecule has 0 saturated heterocycles. The fourth-order valence-electron chi connectivity index (χ4n) is 2.89. The Morgan fingerprint density at radius 1 is 1.06 bits per heavy atom. The lowest BCUT2D eigenvalue weighted by atomic mass is 9.75. The van der Waals surface area contributed by atoms with E-state index in [-0.39, 0.29) is 18.3 Å². The molecule has 0 aliphatic heterocycles. The van der Waals surface area contributed by atoms with Gasteiger partial charge in [0.1, 0.15) is 0 Å². The highest BCUT2D eigenvalue weighted by molar-refractivity contribution is 5.35. The van der Waals surface area contributed by atoms with Crippen molar-refractivity contribution < 1.29 is 8.78 Å². The van der Waals surface area contributed by atoms with Crippen LogP contribution >= 0.6 is 0 Å². The van der Waals surface area contributed by atoms with Crippen molar-refractivity contribution in [1.82, 2.24) is 0 Å². The van der Waals surface area contributed by atoms with Gasteiger partial charge in [0.2, 0.25) is 5.92 Å². The molecular formula is C16H22F2. The van der Waals surface area contributed by atoms with Crippen LogP contribution in [0.2, 0.25) is 0 Å². The predicted molar refractivity (Wildman–Crippen MR) is 71.3 cm³/mol. The van der Waals surface area contributed by atoms with Crippen molar-refractivity contribution >= 4 is 0 Å². The Morgan fingerprint density at radius 2 is 1.61 bits per heavy atom. The van der Waals surface area contributed by atoms with E-state index in [1.54, 1.807) is 0 Å². The van der Waals surface area contributed by atoms with Crippen molar-refractivity contribution in [2.45, 2.75) is 63.7 Å². The molecule has 0 nitrogen and oxygen atoms in total. The number of benzene rings is 1. The third-order valence-corrected chi connectivity index (χ3v) is 3.93. The molecule has 0 heterocycles. The topological polar surface area (TPSA) is 0 Å². The molecule has 0 aromatic heterocycles. The smallest absolute Gasteiger partial charge is 0.207 e. The molecular weight excluding hydrogens is 230 g/mol. The molecule has 0 radical (unpaired) electrons. The van der Waals surface area contributed by atoms with Crippen molar-refractivity contribution in [1.29, 1.82) is 0 Å². The predicted octanol–water partition coefficient (Wildman–Crippen LogP) is 5.28. The third-order valence-electron chi connectivity index (χ3n) is 3.93. The second-order valence-electron chi connectivity index (χ2n) is 6.47. The van der Waals surface area contributed by atoms with Gasteiger partial charge in [0, 0.05) is 12.8 Å². The molecule has 1 aliphatic rings. The fraction of sp³-hybridized carbons (Fsp3) is 0.625. The third kappa shape index (κ3) is 2.90. The second-order valence-corrected chi connectivity index (χ2v) is 6.47. The first kappa shape index (κ1) is 13.5. The van der Waals surface area contributed by atoms with E-state index < -0.39 is 5.92 Å². The number of alkyl halides is 2. The normalized spacial score (nSPS) is 20.9. The van der Waals surface area contributed by atoms with Gasteiger partial charge in [-0.3, -0.25) is 0 Å². The SMILES string of the molecule is CC(C)(C)c1ccccc1C1CCC(F)(F)CC1. The van der Waals surface area contributed by atoms with Crippen LogP contribution in [0.25, 0.3) is 0 Å². The summed E-state index contributed by atoms with van der Waals surface area (Å²) in [5.74, 6) is -2.13. The minimum atomic E-state index is -2.44. The van der Waals surface area contributed by atoms with E-state index in [0.29, 0.717) is 18.8 Å². The molecule has 0 amide bonds. The van der Waals surface area contributed by atoms with E-state index in [2.05, 4.69) is 32.9 Å². The van der Waals surface area contributed by atoms with Gasteiger partial charge >= 0.3 is 0 Å². The summed E-state index contributed by atoms with van der Waals surface area (Å²) in [6.07, 6.45) is 1.30. The van der Waals surface area contributed by atoms with Gasteiger partial charge in [-0.05, 0) is 35.3 Å². The van der Waals surface area contributed by atoms with Gasteiger partial charge in [0.05, 0.1) is 0 Å². The molecule has 0 atom stereocenters. The summed E-state index contributed by atoms with van der Waals surface area (Å²) in [5, 5.41) is 0. The first-order valence-electron chi connectivity index (χ1n) is 6.77. The van der Waals surface area contributed by atoms with E-state index in [9.17, 15) is 8.78 Å². The maximum absolute atomic E-state index is 13.2. The summed E-state index contributed by atoms with van der Waals surface area (Å²) in [7, 11) is 0. The van der Waals surface area contributed by atoms with Crippen LogP contribution in [0.5, 0.6) is 0 Å². The van der Waals surface area contributed by atoms with Crippen molar-refractivity contribution in [3.8, 4) is 0 Å². The number of hydrogen-bond donors (Lipinski definition) is 0. The van der Waals surface area contributed by atoms with Crippen LogP contribution in [0.15, 0.2) is 24.3 Å². The molecule has 1 fully saturated rings. The van der Waals surface area contributed by atoms with Gasteiger partial charge in [-0.2, -0.15) is 0 Å². The summed E-state index contributed by atoms with van der Waals surface area (Å²) in [6.45, 7) is 6.55. The first-order valence-corrected chi connectivity index (χ1v) is 6.77. The highest BCUT2D eigenvalue weighted by atomic mass is 19.3. The summed E-state index contributed by atoms with van der Waals surface area (Å²) in [5.41, 5.74) is 2.66. The van der Waals surface area contributed by atoms with E-state index in [0.717, 1.165) is 0 Å².